The van der Waals surface area contributed by atoms with Gasteiger partial charge in [-0.1, -0.05) is 42.1 Å². The molecule has 0 atom stereocenters. The number of hydrogen-bond donors (Lipinski definition) is 1. The van der Waals surface area contributed by atoms with Crippen LogP contribution in [0.15, 0.2) is 76.5 Å². The van der Waals surface area contributed by atoms with E-state index in [1.165, 1.54) is 17.8 Å². The number of ether oxygens (including phenoxy) is 1. The molecule has 0 aromatic heterocycles. The Bertz CT molecular complexity index is 923. The Labute approximate surface area is 155 Å². The summed E-state index contributed by atoms with van der Waals surface area (Å²) in [4.78, 5) is 24.0. The van der Waals surface area contributed by atoms with Gasteiger partial charge in [0.15, 0.2) is 12.6 Å². The van der Waals surface area contributed by atoms with Crippen molar-refractivity contribution in [1.82, 2.24) is 0 Å². The van der Waals surface area contributed by atoms with Gasteiger partial charge in [0.1, 0.15) is 18.1 Å². The number of phenolic OH excluding ortho intramolecular Hbond substituents is 1. The van der Waals surface area contributed by atoms with E-state index in [4.69, 9.17) is 4.74 Å². The minimum absolute atomic E-state index is 0.0532. The summed E-state index contributed by atoms with van der Waals surface area (Å²) in [6.45, 7) is 0.384. The highest BCUT2D eigenvalue weighted by atomic mass is 32.2. The maximum atomic E-state index is 11.4. The van der Waals surface area contributed by atoms with Gasteiger partial charge in [0.2, 0.25) is 0 Å². The molecular weight excluding hydrogens is 348 g/mol. The fraction of sp³-hybridized carbons (Fsp3) is 0.0476. The molecule has 0 fully saturated rings. The molecule has 4 nitrogen and oxygen atoms in total. The van der Waals surface area contributed by atoms with Crippen LogP contribution in [0.25, 0.3) is 0 Å². The number of aromatic hydroxyl groups is 1. The van der Waals surface area contributed by atoms with Gasteiger partial charge in [-0.2, -0.15) is 0 Å². The standard InChI is InChI=1S/C21H16O4S/c22-12-16-10-18(6-8-20(16)24)26-19-7-9-21(17(11-19)13-23)25-14-15-4-2-1-3-5-15/h1-13,24H,14H2. The fourth-order valence-electron chi connectivity index (χ4n) is 2.38. The van der Waals surface area contributed by atoms with Gasteiger partial charge >= 0.3 is 0 Å². The molecule has 0 spiro atoms. The zero-order chi connectivity index (χ0) is 18.4. The smallest absolute Gasteiger partial charge is 0.153 e. The molecule has 3 aromatic rings. The van der Waals surface area contributed by atoms with Crippen molar-refractivity contribution in [2.24, 2.45) is 0 Å². The summed E-state index contributed by atoms with van der Waals surface area (Å²) in [6, 6.07) is 19.9. The molecule has 0 amide bonds. The highest BCUT2D eigenvalue weighted by Crippen LogP contribution is 2.33. The third-order valence-electron chi connectivity index (χ3n) is 3.71. The van der Waals surface area contributed by atoms with Crippen molar-refractivity contribution in [2.45, 2.75) is 16.4 Å². The Hall–Kier alpha value is -3.05. The van der Waals surface area contributed by atoms with E-state index in [2.05, 4.69) is 0 Å². The molecule has 5 heteroatoms. The molecule has 130 valence electrons. The Morgan fingerprint density at radius 1 is 0.846 bits per heavy atom. The average molecular weight is 364 g/mol. The summed E-state index contributed by atoms with van der Waals surface area (Å²) in [6.07, 6.45) is 1.37. The van der Waals surface area contributed by atoms with Crippen molar-refractivity contribution in [3.8, 4) is 11.5 Å². The highest BCUT2D eigenvalue weighted by molar-refractivity contribution is 7.99. The van der Waals surface area contributed by atoms with Gasteiger partial charge in [-0.3, -0.25) is 9.59 Å². The monoisotopic (exact) mass is 364 g/mol. The van der Waals surface area contributed by atoms with Crippen molar-refractivity contribution >= 4 is 24.3 Å². The maximum Gasteiger partial charge on any atom is 0.153 e. The van der Waals surface area contributed by atoms with Gasteiger partial charge in [-0.05, 0) is 42.0 Å². The normalized spacial score (nSPS) is 10.3. The molecule has 26 heavy (non-hydrogen) atoms. The lowest BCUT2D eigenvalue weighted by Gasteiger charge is -2.10. The Morgan fingerprint density at radius 2 is 1.50 bits per heavy atom. The lowest BCUT2D eigenvalue weighted by molar-refractivity contribution is 0.111. The van der Waals surface area contributed by atoms with Crippen molar-refractivity contribution in [1.29, 1.82) is 0 Å². The molecule has 0 bridgehead atoms. The van der Waals surface area contributed by atoms with Crippen molar-refractivity contribution in [3.63, 3.8) is 0 Å². The molecule has 0 saturated heterocycles. The zero-order valence-corrected chi connectivity index (χ0v) is 14.6. The van der Waals surface area contributed by atoms with Crippen molar-refractivity contribution < 1.29 is 19.4 Å². The molecule has 0 aliphatic heterocycles. The second-order valence-corrected chi connectivity index (χ2v) is 6.68. The largest absolute Gasteiger partial charge is 0.507 e. The van der Waals surface area contributed by atoms with E-state index in [-0.39, 0.29) is 11.3 Å². The third-order valence-corrected chi connectivity index (χ3v) is 4.69. The van der Waals surface area contributed by atoms with Gasteiger partial charge in [0, 0.05) is 9.79 Å². The van der Waals surface area contributed by atoms with Gasteiger partial charge in [-0.15, -0.1) is 0 Å². The summed E-state index contributed by atoms with van der Waals surface area (Å²) in [5, 5.41) is 9.57. The predicted molar refractivity (Wildman–Crippen MR) is 100 cm³/mol. The first-order valence-electron chi connectivity index (χ1n) is 7.91. The summed E-state index contributed by atoms with van der Waals surface area (Å²) < 4.78 is 5.75. The van der Waals surface area contributed by atoms with Crippen LogP contribution in [0.3, 0.4) is 0 Å². The second-order valence-electron chi connectivity index (χ2n) is 5.53. The molecule has 0 saturated carbocycles. The molecule has 0 heterocycles. The number of aldehydes is 2. The van der Waals surface area contributed by atoms with E-state index in [0.29, 0.717) is 24.2 Å². The minimum atomic E-state index is -0.0532. The summed E-state index contributed by atoms with van der Waals surface area (Å²) in [5.41, 5.74) is 1.71. The van der Waals surface area contributed by atoms with Crippen LogP contribution in [0.1, 0.15) is 26.3 Å². The molecule has 0 unspecified atom stereocenters. The molecule has 0 aliphatic rings. The van der Waals surface area contributed by atoms with Crippen LogP contribution in [-0.4, -0.2) is 17.7 Å². The van der Waals surface area contributed by atoms with Crippen LogP contribution in [0.5, 0.6) is 11.5 Å². The van der Waals surface area contributed by atoms with Gasteiger partial charge in [0.25, 0.3) is 0 Å². The lowest BCUT2D eigenvalue weighted by atomic mass is 10.2. The van der Waals surface area contributed by atoms with E-state index >= 15 is 0 Å². The molecule has 0 radical (unpaired) electrons. The predicted octanol–water partition coefficient (Wildman–Crippen LogP) is 4.75. The van der Waals surface area contributed by atoms with E-state index in [0.717, 1.165) is 21.6 Å². The Balaban J connectivity index is 1.76. The SMILES string of the molecule is O=Cc1cc(Sc2ccc(OCc3ccccc3)c(C=O)c2)ccc1O. The zero-order valence-electron chi connectivity index (χ0n) is 13.8. The topological polar surface area (TPSA) is 63.6 Å². The van der Waals surface area contributed by atoms with Crippen LogP contribution in [0, 0.1) is 0 Å². The summed E-state index contributed by atoms with van der Waals surface area (Å²) >= 11 is 1.39. The number of carbonyl (C=O) groups excluding carboxylic acids is 2. The first kappa shape index (κ1) is 17.8. The quantitative estimate of drug-likeness (QED) is 0.613. The van der Waals surface area contributed by atoms with Crippen LogP contribution < -0.4 is 4.74 Å². The minimum Gasteiger partial charge on any atom is -0.507 e. The Kier molecular flexibility index (Phi) is 5.71. The van der Waals surface area contributed by atoms with Crippen LogP contribution >= 0.6 is 11.8 Å². The van der Waals surface area contributed by atoms with Gasteiger partial charge < -0.3 is 9.84 Å². The van der Waals surface area contributed by atoms with Crippen molar-refractivity contribution in [2.75, 3.05) is 0 Å². The van der Waals surface area contributed by atoms with E-state index in [9.17, 15) is 14.7 Å². The Morgan fingerprint density at radius 3 is 2.19 bits per heavy atom. The maximum absolute atomic E-state index is 11.4. The third kappa shape index (κ3) is 4.32. The number of rotatable bonds is 7. The number of phenols is 1. The second kappa shape index (κ2) is 8.36. The first-order chi connectivity index (χ1) is 12.7. The molecular formula is C21H16O4S. The van der Waals surface area contributed by atoms with E-state index in [1.807, 2.05) is 36.4 Å². The molecule has 3 aromatic carbocycles. The van der Waals surface area contributed by atoms with Gasteiger partial charge in [0.05, 0.1) is 11.1 Å². The number of hydrogen-bond acceptors (Lipinski definition) is 5. The molecule has 1 N–H and O–H groups in total. The first-order valence-corrected chi connectivity index (χ1v) is 8.73. The van der Waals surface area contributed by atoms with Crippen molar-refractivity contribution in [3.05, 3.63) is 83.4 Å². The number of carbonyl (C=O) groups is 2. The van der Waals surface area contributed by atoms with E-state index in [1.54, 1.807) is 24.3 Å². The summed E-state index contributed by atoms with van der Waals surface area (Å²) in [5.74, 6) is 0.468. The molecule has 0 aliphatic carbocycles. The van der Waals surface area contributed by atoms with Crippen LogP contribution in [0.4, 0.5) is 0 Å². The van der Waals surface area contributed by atoms with E-state index < -0.39 is 0 Å². The van der Waals surface area contributed by atoms with Crippen LogP contribution in [-0.2, 0) is 6.61 Å². The van der Waals surface area contributed by atoms with Gasteiger partial charge in [-0.25, -0.2) is 0 Å². The summed E-state index contributed by atoms with van der Waals surface area (Å²) in [7, 11) is 0. The number of benzene rings is 3. The lowest BCUT2D eigenvalue weighted by Crippen LogP contribution is -1.98. The molecule has 3 rings (SSSR count). The highest BCUT2D eigenvalue weighted by Gasteiger charge is 2.08. The average Bonchev–Trinajstić information content (AvgIpc) is 2.69. The fourth-order valence-corrected chi connectivity index (χ4v) is 3.29. The van der Waals surface area contributed by atoms with Crippen LogP contribution in [0.2, 0.25) is 0 Å².